The molecule has 0 bridgehead atoms. The summed E-state index contributed by atoms with van der Waals surface area (Å²) in [6.45, 7) is 4.87. The van der Waals surface area contributed by atoms with Crippen molar-refractivity contribution in [1.82, 2.24) is 15.2 Å². The largest absolute Gasteiger partial charge is 0.490 e. The molecule has 9 nitrogen and oxygen atoms in total. The molecule has 0 fully saturated rings. The third kappa shape index (κ3) is 5.89. The van der Waals surface area contributed by atoms with Gasteiger partial charge >= 0.3 is 0 Å². The van der Waals surface area contributed by atoms with Gasteiger partial charge in [0.1, 0.15) is 17.2 Å². The fourth-order valence-corrected chi connectivity index (χ4v) is 3.25. The third-order valence-electron chi connectivity index (χ3n) is 4.64. The molecule has 0 saturated carbocycles. The predicted molar refractivity (Wildman–Crippen MR) is 125 cm³/mol. The van der Waals surface area contributed by atoms with E-state index in [2.05, 4.69) is 20.5 Å². The van der Waals surface area contributed by atoms with E-state index in [9.17, 15) is 4.79 Å². The molecule has 1 amide bonds. The minimum absolute atomic E-state index is 0.161. The number of aromatic nitrogens is 3. The Morgan fingerprint density at radius 3 is 2.59 bits per heavy atom. The van der Waals surface area contributed by atoms with E-state index >= 15 is 0 Å². The van der Waals surface area contributed by atoms with E-state index in [4.69, 9.17) is 18.6 Å². The Morgan fingerprint density at radius 1 is 0.971 bits per heavy atom. The number of hydrogen-bond acceptors (Lipinski definition) is 8. The Labute approximate surface area is 196 Å². The first-order valence-corrected chi connectivity index (χ1v) is 10.8. The molecule has 2 aromatic carbocycles. The molecular formula is C25H24N4O5. The van der Waals surface area contributed by atoms with Crippen LogP contribution in [-0.4, -0.2) is 34.3 Å². The van der Waals surface area contributed by atoms with Gasteiger partial charge in [0.25, 0.3) is 5.89 Å². The van der Waals surface area contributed by atoms with Crippen LogP contribution in [0.3, 0.4) is 0 Å². The molecule has 0 spiro atoms. The molecule has 4 aromatic rings. The SMILES string of the molecule is CCOc1ccc(CC(=O)Nc2cccc(Oc3ccnc(-c4nnco4)c3)c2)cc1OCC. The number of amides is 1. The van der Waals surface area contributed by atoms with Crippen LogP contribution in [0.25, 0.3) is 11.6 Å². The summed E-state index contributed by atoms with van der Waals surface area (Å²) in [7, 11) is 0. The van der Waals surface area contributed by atoms with Gasteiger partial charge in [0.15, 0.2) is 11.5 Å². The van der Waals surface area contributed by atoms with E-state index in [0.717, 1.165) is 5.56 Å². The second kappa shape index (κ2) is 11.0. The molecule has 0 radical (unpaired) electrons. The molecule has 9 heteroatoms. The van der Waals surface area contributed by atoms with Crippen molar-refractivity contribution in [3.05, 3.63) is 72.8 Å². The molecule has 34 heavy (non-hydrogen) atoms. The zero-order valence-corrected chi connectivity index (χ0v) is 18.9. The highest BCUT2D eigenvalue weighted by atomic mass is 16.5. The van der Waals surface area contributed by atoms with Crippen molar-refractivity contribution in [2.45, 2.75) is 20.3 Å². The first-order chi connectivity index (χ1) is 16.6. The number of nitrogens with one attached hydrogen (secondary N) is 1. The predicted octanol–water partition coefficient (Wildman–Crippen LogP) is 4.90. The summed E-state index contributed by atoms with van der Waals surface area (Å²) in [6, 6.07) is 16.1. The number of ether oxygens (including phenoxy) is 3. The number of anilines is 1. The maximum absolute atomic E-state index is 12.7. The molecular weight excluding hydrogens is 436 g/mol. The van der Waals surface area contributed by atoms with Crippen LogP contribution < -0.4 is 19.5 Å². The number of benzene rings is 2. The summed E-state index contributed by atoms with van der Waals surface area (Å²) in [5.74, 6) is 2.53. The lowest BCUT2D eigenvalue weighted by molar-refractivity contribution is -0.115. The molecule has 2 heterocycles. The van der Waals surface area contributed by atoms with Crippen LogP contribution >= 0.6 is 0 Å². The van der Waals surface area contributed by atoms with Gasteiger partial charge in [0.2, 0.25) is 12.3 Å². The standard InChI is InChI=1S/C25H24N4O5/c1-3-31-22-9-8-17(12-23(22)32-4-2)13-24(30)28-18-6-5-7-19(14-18)34-20-10-11-26-21(15-20)25-29-27-16-33-25/h5-12,14-16H,3-4,13H2,1-2H3,(H,28,30). The second-order valence-corrected chi connectivity index (χ2v) is 7.12. The number of rotatable bonds is 10. The highest BCUT2D eigenvalue weighted by Crippen LogP contribution is 2.29. The Bertz CT molecular complexity index is 1240. The number of nitrogens with zero attached hydrogens (tertiary/aromatic N) is 3. The lowest BCUT2D eigenvalue weighted by Crippen LogP contribution is -2.14. The normalized spacial score (nSPS) is 10.5. The quantitative estimate of drug-likeness (QED) is 0.356. The van der Waals surface area contributed by atoms with Crippen LogP contribution in [0.15, 0.2) is 71.6 Å². The summed E-state index contributed by atoms with van der Waals surface area (Å²) < 4.78 is 22.3. The van der Waals surface area contributed by atoms with Crippen molar-refractivity contribution < 1.29 is 23.4 Å². The van der Waals surface area contributed by atoms with E-state index in [1.807, 2.05) is 32.0 Å². The zero-order valence-electron chi connectivity index (χ0n) is 18.9. The van der Waals surface area contributed by atoms with Crippen molar-refractivity contribution in [3.63, 3.8) is 0 Å². The monoisotopic (exact) mass is 460 g/mol. The van der Waals surface area contributed by atoms with Gasteiger partial charge in [-0.05, 0) is 49.7 Å². The summed E-state index contributed by atoms with van der Waals surface area (Å²) in [6.07, 6.45) is 3.02. The van der Waals surface area contributed by atoms with Gasteiger partial charge < -0.3 is 23.9 Å². The first kappa shape index (κ1) is 22.8. The summed E-state index contributed by atoms with van der Waals surface area (Å²) >= 11 is 0. The van der Waals surface area contributed by atoms with Crippen molar-refractivity contribution in [2.75, 3.05) is 18.5 Å². The molecule has 0 unspecified atom stereocenters. The van der Waals surface area contributed by atoms with E-state index in [-0.39, 0.29) is 12.3 Å². The van der Waals surface area contributed by atoms with Crippen LogP contribution in [0.2, 0.25) is 0 Å². The molecule has 1 N–H and O–H groups in total. The van der Waals surface area contributed by atoms with Gasteiger partial charge in [-0.3, -0.25) is 9.78 Å². The van der Waals surface area contributed by atoms with E-state index in [1.165, 1.54) is 6.39 Å². The first-order valence-electron chi connectivity index (χ1n) is 10.8. The van der Waals surface area contributed by atoms with Crippen LogP contribution in [-0.2, 0) is 11.2 Å². The minimum Gasteiger partial charge on any atom is -0.490 e. The number of pyridine rings is 1. The topological polar surface area (TPSA) is 109 Å². The average molecular weight is 460 g/mol. The van der Waals surface area contributed by atoms with Gasteiger partial charge in [-0.2, -0.15) is 0 Å². The Hall–Kier alpha value is -4.40. The lowest BCUT2D eigenvalue weighted by Gasteiger charge is -2.13. The van der Waals surface area contributed by atoms with Crippen LogP contribution in [0.5, 0.6) is 23.0 Å². The smallest absolute Gasteiger partial charge is 0.266 e. The highest BCUT2D eigenvalue weighted by molar-refractivity contribution is 5.92. The van der Waals surface area contributed by atoms with Crippen LogP contribution in [0.1, 0.15) is 19.4 Å². The number of carbonyl (C=O) groups excluding carboxylic acids is 1. The minimum atomic E-state index is -0.161. The molecule has 0 atom stereocenters. The van der Waals surface area contributed by atoms with Gasteiger partial charge in [-0.25, -0.2) is 0 Å². The fraction of sp³-hybridized carbons (Fsp3) is 0.200. The maximum Gasteiger partial charge on any atom is 0.266 e. The molecule has 0 saturated heterocycles. The molecule has 2 aromatic heterocycles. The van der Waals surface area contributed by atoms with Gasteiger partial charge in [0, 0.05) is 24.0 Å². The molecule has 174 valence electrons. The van der Waals surface area contributed by atoms with Gasteiger partial charge in [-0.1, -0.05) is 12.1 Å². The van der Waals surface area contributed by atoms with E-state index in [0.29, 0.717) is 53.5 Å². The van der Waals surface area contributed by atoms with Gasteiger partial charge in [-0.15, -0.1) is 10.2 Å². The van der Waals surface area contributed by atoms with Crippen molar-refractivity contribution in [3.8, 4) is 34.6 Å². The zero-order chi connectivity index (χ0) is 23.8. The van der Waals surface area contributed by atoms with Crippen molar-refractivity contribution in [2.24, 2.45) is 0 Å². The summed E-state index contributed by atoms with van der Waals surface area (Å²) in [5, 5.41) is 10.4. The van der Waals surface area contributed by atoms with Crippen LogP contribution in [0, 0.1) is 0 Å². The van der Waals surface area contributed by atoms with Crippen LogP contribution in [0.4, 0.5) is 5.69 Å². The second-order valence-electron chi connectivity index (χ2n) is 7.12. The number of carbonyl (C=O) groups is 1. The molecule has 4 rings (SSSR count). The number of hydrogen-bond donors (Lipinski definition) is 1. The molecule has 0 aliphatic carbocycles. The highest BCUT2D eigenvalue weighted by Gasteiger charge is 2.11. The molecule has 0 aliphatic heterocycles. The third-order valence-corrected chi connectivity index (χ3v) is 4.64. The Morgan fingerprint density at radius 2 is 1.79 bits per heavy atom. The molecule has 0 aliphatic rings. The summed E-state index contributed by atoms with van der Waals surface area (Å²) in [4.78, 5) is 16.9. The van der Waals surface area contributed by atoms with E-state index < -0.39 is 0 Å². The lowest BCUT2D eigenvalue weighted by atomic mass is 10.1. The Balaban J connectivity index is 1.41. The maximum atomic E-state index is 12.7. The van der Waals surface area contributed by atoms with Crippen molar-refractivity contribution in [1.29, 1.82) is 0 Å². The van der Waals surface area contributed by atoms with Gasteiger partial charge in [0.05, 0.1) is 19.6 Å². The van der Waals surface area contributed by atoms with E-state index in [1.54, 1.807) is 42.6 Å². The average Bonchev–Trinajstić information content (AvgIpc) is 3.37. The Kier molecular flexibility index (Phi) is 7.34. The fourth-order valence-electron chi connectivity index (χ4n) is 3.25. The van der Waals surface area contributed by atoms with Crippen molar-refractivity contribution >= 4 is 11.6 Å². The summed E-state index contributed by atoms with van der Waals surface area (Å²) in [5.41, 5.74) is 1.94.